The molecule has 3 amide bonds. The van der Waals surface area contributed by atoms with Crippen molar-refractivity contribution in [1.82, 2.24) is 15.1 Å². The predicted octanol–water partition coefficient (Wildman–Crippen LogP) is 0.935. The molecule has 1 saturated heterocycles. The van der Waals surface area contributed by atoms with Gasteiger partial charge in [0.15, 0.2) is 0 Å². The molecule has 3 rings (SSSR count). The lowest BCUT2D eigenvalue weighted by molar-refractivity contribution is -0.137. The quantitative estimate of drug-likeness (QED) is 0.765. The molecule has 0 radical (unpaired) electrons. The van der Waals surface area contributed by atoms with Crippen molar-refractivity contribution < 1.29 is 14.4 Å². The van der Waals surface area contributed by atoms with Gasteiger partial charge in [-0.3, -0.25) is 14.4 Å². The molecule has 1 aliphatic carbocycles. The summed E-state index contributed by atoms with van der Waals surface area (Å²) in [4.78, 5) is 38.8. The van der Waals surface area contributed by atoms with Crippen molar-refractivity contribution in [2.24, 2.45) is 11.8 Å². The van der Waals surface area contributed by atoms with Crippen molar-refractivity contribution in [2.75, 3.05) is 32.7 Å². The van der Waals surface area contributed by atoms with E-state index in [1.54, 1.807) is 9.80 Å². The Kier molecular flexibility index (Phi) is 5.58. The highest BCUT2D eigenvalue weighted by atomic mass is 35.5. The van der Waals surface area contributed by atoms with Gasteiger partial charge in [0.05, 0.1) is 11.8 Å². The number of piperazine rings is 1. The van der Waals surface area contributed by atoms with E-state index in [1.807, 2.05) is 24.3 Å². The first kappa shape index (κ1) is 17.7. The maximum atomic E-state index is 12.4. The van der Waals surface area contributed by atoms with E-state index in [-0.39, 0.29) is 23.7 Å². The molecule has 2 atom stereocenters. The second-order valence-corrected chi connectivity index (χ2v) is 7.02. The van der Waals surface area contributed by atoms with E-state index < -0.39 is 0 Å². The van der Waals surface area contributed by atoms with Gasteiger partial charge in [0, 0.05) is 37.7 Å². The lowest BCUT2D eigenvalue weighted by Crippen LogP contribution is -2.48. The summed E-state index contributed by atoms with van der Waals surface area (Å²) in [6.07, 6.45) is 2.15. The molecule has 6 nitrogen and oxygen atoms in total. The second kappa shape index (κ2) is 7.87. The van der Waals surface area contributed by atoms with Crippen LogP contribution in [0.15, 0.2) is 24.3 Å². The van der Waals surface area contributed by atoms with Crippen molar-refractivity contribution in [3.63, 3.8) is 0 Å². The van der Waals surface area contributed by atoms with Crippen molar-refractivity contribution in [1.29, 1.82) is 0 Å². The van der Waals surface area contributed by atoms with Crippen LogP contribution in [-0.2, 0) is 20.8 Å². The van der Waals surface area contributed by atoms with Crippen LogP contribution in [0.3, 0.4) is 0 Å². The van der Waals surface area contributed by atoms with E-state index in [0.717, 1.165) is 12.0 Å². The van der Waals surface area contributed by atoms with Gasteiger partial charge in [0.1, 0.15) is 0 Å². The zero-order valence-electron chi connectivity index (χ0n) is 14.0. The molecule has 1 aromatic carbocycles. The number of benzene rings is 1. The number of carbonyl (C=O) groups excluding carboxylic acids is 3. The average Bonchev–Trinajstić information content (AvgIpc) is 3.42. The molecule has 1 aliphatic heterocycles. The first-order valence-electron chi connectivity index (χ1n) is 8.59. The molecule has 134 valence electrons. The number of nitrogens with one attached hydrogen (secondary N) is 1. The molecule has 2 aliphatic rings. The molecule has 25 heavy (non-hydrogen) atoms. The molecule has 0 aromatic heterocycles. The van der Waals surface area contributed by atoms with E-state index in [0.29, 0.717) is 50.6 Å². The van der Waals surface area contributed by atoms with Gasteiger partial charge < -0.3 is 15.1 Å². The van der Waals surface area contributed by atoms with Gasteiger partial charge in [-0.1, -0.05) is 23.7 Å². The summed E-state index contributed by atoms with van der Waals surface area (Å²) in [7, 11) is 0. The number of hydrogen-bond acceptors (Lipinski definition) is 3. The number of halogens is 1. The lowest BCUT2D eigenvalue weighted by Gasteiger charge is -2.32. The minimum atomic E-state index is -0.212. The van der Waals surface area contributed by atoms with Crippen LogP contribution >= 0.6 is 11.6 Å². The van der Waals surface area contributed by atoms with E-state index in [4.69, 9.17) is 11.6 Å². The van der Waals surface area contributed by atoms with Crippen LogP contribution in [0.5, 0.6) is 0 Å². The molecule has 1 aromatic rings. The molecule has 1 heterocycles. The van der Waals surface area contributed by atoms with Crippen molar-refractivity contribution >= 4 is 29.8 Å². The van der Waals surface area contributed by atoms with Gasteiger partial charge in [-0.15, -0.1) is 0 Å². The summed E-state index contributed by atoms with van der Waals surface area (Å²) < 4.78 is 0. The number of rotatable bonds is 6. The van der Waals surface area contributed by atoms with Crippen LogP contribution in [0.25, 0.3) is 0 Å². The fourth-order valence-electron chi connectivity index (χ4n) is 3.19. The summed E-state index contributed by atoms with van der Waals surface area (Å²) in [5.74, 6) is -0.419. The minimum Gasteiger partial charge on any atom is -0.356 e. The third-order valence-corrected chi connectivity index (χ3v) is 5.06. The Balaban J connectivity index is 1.40. The first-order chi connectivity index (χ1) is 12.1. The highest BCUT2D eigenvalue weighted by molar-refractivity contribution is 6.30. The van der Waals surface area contributed by atoms with Crippen LogP contribution in [0, 0.1) is 11.8 Å². The van der Waals surface area contributed by atoms with Crippen LogP contribution in [-0.4, -0.2) is 60.7 Å². The molecular weight excluding hydrogens is 342 g/mol. The summed E-state index contributed by atoms with van der Waals surface area (Å²) in [5, 5.41) is 3.60. The standard InChI is InChI=1S/C18H22ClN3O3/c19-14-3-1-2-13(10-14)4-5-20-17(24)15-11-16(15)18(25)22-8-6-21(12-23)7-9-22/h1-3,10,12,15-16H,4-9,11H2,(H,20,24). The smallest absolute Gasteiger partial charge is 0.226 e. The molecule has 7 heteroatoms. The summed E-state index contributed by atoms with van der Waals surface area (Å²) >= 11 is 5.94. The van der Waals surface area contributed by atoms with E-state index in [9.17, 15) is 14.4 Å². The molecule has 1 N–H and O–H groups in total. The molecule has 0 bridgehead atoms. The maximum Gasteiger partial charge on any atom is 0.226 e. The zero-order valence-corrected chi connectivity index (χ0v) is 14.7. The van der Waals surface area contributed by atoms with E-state index in [2.05, 4.69) is 5.32 Å². The predicted molar refractivity (Wildman–Crippen MR) is 94.0 cm³/mol. The molecule has 2 fully saturated rings. The van der Waals surface area contributed by atoms with Gasteiger partial charge in [-0.05, 0) is 30.5 Å². The Bertz CT molecular complexity index is 659. The van der Waals surface area contributed by atoms with Crippen LogP contribution in [0.2, 0.25) is 5.02 Å². The van der Waals surface area contributed by atoms with Gasteiger partial charge in [-0.25, -0.2) is 0 Å². The van der Waals surface area contributed by atoms with Gasteiger partial charge >= 0.3 is 0 Å². The van der Waals surface area contributed by atoms with Crippen LogP contribution in [0.1, 0.15) is 12.0 Å². The zero-order chi connectivity index (χ0) is 17.8. The second-order valence-electron chi connectivity index (χ2n) is 6.59. The Hall–Kier alpha value is -2.08. The highest BCUT2D eigenvalue weighted by Crippen LogP contribution is 2.40. The van der Waals surface area contributed by atoms with Crippen molar-refractivity contribution in [2.45, 2.75) is 12.8 Å². The van der Waals surface area contributed by atoms with E-state index >= 15 is 0 Å². The van der Waals surface area contributed by atoms with Gasteiger partial charge in [0.25, 0.3) is 0 Å². The third-order valence-electron chi connectivity index (χ3n) is 4.82. The number of amides is 3. The Morgan fingerprint density at radius 1 is 1.20 bits per heavy atom. The number of nitrogens with zero attached hydrogens (tertiary/aromatic N) is 2. The third kappa shape index (κ3) is 4.51. The van der Waals surface area contributed by atoms with Crippen molar-refractivity contribution in [3.8, 4) is 0 Å². The average molecular weight is 364 g/mol. The summed E-state index contributed by atoms with van der Waals surface area (Å²) in [5.41, 5.74) is 1.07. The van der Waals surface area contributed by atoms with Crippen LogP contribution in [0.4, 0.5) is 0 Å². The fraction of sp³-hybridized carbons (Fsp3) is 0.500. The minimum absolute atomic E-state index is 0.0422. The van der Waals surface area contributed by atoms with E-state index in [1.165, 1.54) is 0 Å². The number of carbonyl (C=O) groups is 3. The molecule has 1 saturated carbocycles. The summed E-state index contributed by atoms with van der Waals surface area (Å²) in [6.45, 7) is 2.78. The topological polar surface area (TPSA) is 69.7 Å². The van der Waals surface area contributed by atoms with Gasteiger partial charge in [-0.2, -0.15) is 0 Å². The maximum absolute atomic E-state index is 12.4. The Morgan fingerprint density at radius 3 is 2.64 bits per heavy atom. The lowest BCUT2D eigenvalue weighted by atomic mass is 10.1. The monoisotopic (exact) mass is 363 g/mol. The molecule has 0 spiro atoms. The van der Waals surface area contributed by atoms with Gasteiger partial charge in [0.2, 0.25) is 18.2 Å². The number of hydrogen-bond donors (Lipinski definition) is 1. The highest BCUT2D eigenvalue weighted by Gasteiger charge is 2.49. The van der Waals surface area contributed by atoms with Crippen LogP contribution < -0.4 is 5.32 Å². The first-order valence-corrected chi connectivity index (χ1v) is 8.96. The van der Waals surface area contributed by atoms with Crippen molar-refractivity contribution in [3.05, 3.63) is 34.9 Å². The largest absolute Gasteiger partial charge is 0.356 e. The SMILES string of the molecule is O=CN1CCN(C(=O)C2CC2C(=O)NCCc2cccc(Cl)c2)CC1. The normalized spacial score (nSPS) is 22.4. The molecular formula is C18H22ClN3O3. The summed E-state index contributed by atoms with van der Waals surface area (Å²) in [6, 6.07) is 7.56. The fourth-order valence-corrected chi connectivity index (χ4v) is 3.41. The Morgan fingerprint density at radius 2 is 1.96 bits per heavy atom. The Labute approximate surface area is 152 Å². The molecule has 2 unspecified atom stereocenters.